The Kier molecular flexibility index (Phi) is 8.54. The molecule has 0 bridgehead atoms. The average molecular weight is 394 g/mol. The molecular weight excluding hydrogens is 368 g/mol. The van der Waals surface area contributed by atoms with Gasteiger partial charge in [-0.1, -0.05) is 30.3 Å². The second-order valence-corrected chi connectivity index (χ2v) is 6.27. The highest BCUT2D eigenvalue weighted by molar-refractivity contribution is 5.97. The van der Waals surface area contributed by atoms with E-state index in [9.17, 15) is 10.1 Å². The number of benzene rings is 2. The van der Waals surface area contributed by atoms with Gasteiger partial charge in [-0.05, 0) is 35.2 Å². The SMILES string of the molecule is COc1ccc(CCNC(=O)/C(C#N)=C\NCc2cccc(CN)c2)cc1OC. The van der Waals surface area contributed by atoms with Crippen molar-refractivity contribution in [3.63, 3.8) is 0 Å². The van der Waals surface area contributed by atoms with Crippen molar-refractivity contribution in [3.05, 3.63) is 70.9 Å². The number of rotatable bonds is 10. The van der Waals surface area contributed by atoms with Gasteiger partial charge in [0.05, 0.1) is 14.2 Å². The molecule has 0 aliphatic carbocycles. The van der Waals surface area contributed by atoms with E-state index >= 15 is 0 Å². The number of nitrogens with zero attached hydrogens (tertiary/aromatic N) is 1. The first-order valence-corrected chi connectivity index (χ1v) is 9.22. The molecular formula is C22H26N4O3. The lowest BCUT2D eigenvalue weighted by Crippen LogP contribution is -2.27. The lowest BCUT2D eigenvalue weighted by atomic mass is 10.1. The molecule has 0 aliphatic rings. The van der Waals surface area contributed by atoms with Crippen LogP contribution in [0.3, 0.4) is 0 Å². The Morgan fingerprint density at radius 2 is 1.86 bits per heavy atom. The summed E-state index contributed by atoms with van der Waals surface area (Å²) in [6.45, 7) is 1.36. The number of carbonyl (C=O) groups is 1. The minimum absolute atomic E-state index is 0.0206. The number of hydrogen-bond acceptors (Lipinski definition) is 6. The molecule has 2 rings (SSSR count). The summed E-state index contributed by atoms with van der Waals surface area (Å²) in [5.41, 5.74) is 8.70. The molecule has 0 radical (unpaired) electrons. The summed E-state index contributed by atoms with van der Waals surface area (Å²) < 4.78 is 10.5. The van der Waals surface area contributed by atoms with Gasteiger partial charge >= 0.3 is 0 Å². The minimum Gasteiger partial charge on any atom is -0.493 e. The van der Waals surface area contributed by atoms with E-state index in [0.29, 0.717) is 37.6 Å². The van der Waals surface area contributed by atoms with Crippen LogP contribution in [0.5, 0.6) is 11.5 Å². The molecule has 0 saturated heterocycles. The van der Waals surface area contributed by atoms with Gasteiger partial charge < -0.3 is 25.8 Å². The van der Waals surface area contributed by atoms with E-state index in [1.165, 1.54) is 6.20 Å². The van der Waals surface area contributed by atoms with E-state index in [0.717, 1.165) is 16.7 Å². The van der Waals surface area contributed by atoms with E-state index in [2.05, 4.69) is 10.6 Å². The third kappa shape index (κ3) is 6.55. The number of carbonyl (C=O) groups excluding carboxylic acids is 1. The van der Waals surface area contributed by atoms with Gasteiger partial charge in [-0.25, -0.2) is 0 Å². The van der Waals surface area contributed by atoms with E-state index in [1.54, 1.807) is 14.2 Å². The Labute approximate surface area is 171 Å². The molecule has 0 aromatic heterocycles. The number of amides is 1. The molecule has 29 heavy (non-hydrogen) atoms. The second kappa shape index (κ2) is 11.4. The standard InChI is InChI=1S/C22H26N4O3/c1-28-20-7-6-16(11-21(20)29-2)8-9-26-22(27)19(13-24)15-25-14-18-5-3-4-17(10-18)12-23/h3-7,10-11,15,25H,8-9,12,14,23H2,1-2H3,(H,26,27)/b19-15-. The Morgan fingerprint density at radius 3 is 2.55 bits per heavy atom. The van der Waals surface area contributed by atoms with Crippen LogP contribution in [0.25, 0.3) is 0 Å². The number of methoxy groups -OCH3 is 2. The predicted molar refractivity (Wildman–Crippen MR) is 111 cm³/mol. The largest absolute Gasteiger partial charge is 0.493 e. The van der Waals surface area contributed by atoms with Crippen LogP contribution in [0, 0.1) is 11.3 Å². The van der Waals surface area contributed by atoms with Crippen molar-refractivity contribution in [2.75, 3.05) is 20.8 Å². The van der Waals surface area contributed by atoms with Crippen molar-refractivity contribution in [1.29, 1.82) is 5.26 Å². The number of nitrogens with two attached hydrogens (primary N) is 1. The molecule has 0 heterocycles. The number of nitrogens with one attached hydrogen (secondary N) is 2. The van der Waals surface area contributed by atoms with Crippen LogP contribution in [0.4, 0.5) is 0 Å². The van der Waals surface area contributed by atoms with Gasteiger partial charge in [0, 0.05) is 25.8 Å². The number of hydrogen-bond donors (Lipinski definition) is 3. The van der Waals surface area contributed by atoms with Gasteiger partial charge in [0.1, 0.15) is 11.6 Å². The van der Waals surface area contributed by atoms with Crippen LogP contribution in [0.2, 0.25) is 0 Å². The molecule has 0 saturated carbocycles. The fraction of sp³-hybridized carbons (Fsp3) is 0.273. The minimum atomic E-state index is -0.420. The first-order chi connectivity index (χ1) is 14.1. The van der Waals surface area contributed by atoms with Gasteiger partial charge in [-0.15, -0.1) is 0 Å². The lowest BCUT2D eigenvalue weighted by Gasteiger charge is -2.10. The van der Waals surface area contributed by atoms with Crippen molar-refractivity contribution < 1.29 is 14.3 Å². The molecule has 1 amide bonds. The highest BCUT2D eigenvalue weighted by Crippen LogP contribution is 2.27. The second-order valence-electron chi connectivity index (χ2n) is 6.27. The van der Waals surface area contributed by atoms with Gasteiger partial charge in [-0.2, -0.15) is 5.26 Å². The highest BCUT2D eigenvalue weighted by atomic mass is 16.5. The van der Waals surface area contributed by atoms with Crippen LogP contribution in [-0.4, -0.2) is 26.7 Å². The average Bonchev–Trinajstić information content (AvgIpc) is 2.76. The summed E-state index contributed by atoms with van der Waals surface area (Å²) in [4.78, 5) is 12.2. The monoisotopic (exact) mass is 394 g/mol. The zero-order valence-corrected chi connectivity index (χ0v) is 16.7. The summed E-state index contributed by atoms with van der Waals surface area (Å²) in [7, 11) is 3.16. The van der Waals surface area contributed by atoms with Crippen LogP contribution in [-0.2, 0) is 24.3 Å². The van der Waals surface area contributed by atoms with Crippen molar-refractivity contribution in [3.8, 4) is 17.6 Å². The Balaban J connectivity index is 1.86. The molecule has 2 aromatic rings. The molecule has 4 N–H and O–H groups in total. The number of ether oxygens (including phenoxy) is 2. The normalized spacial score (nSPS) is 10.8. The maximum absolute atomic E-state index is 12.2. The summed E-state index contributed by atoms with van der Waals surface area (Å²) in [5.74, 6) is 0.867. The van der Waals surface area contributed by atoms with Gasteiger partial charge in [0.2, 0.25) is 0 Å². The summed E-state index contributed by atoms with van der Waals surface area (Å²) in [6.07, 6.45) is 2.03. The summed E-state index contributed by atoms with van der Waals surface area (Å²) >= 11 is 0. The summed E-state index contributed by atoms with van der Waals surface area (Å²) in [6, 6.07) is 15.3. The van der Waals surface area contributed by atoms with Gasteiger partial charge in [0.25, 0.3) is 5.91 Å². The maximum Gasteiger partial charge on any atom is 0.263 e. The molecule has 0 spiro atoms. The maximum atomic E-state index is 12.2. The zero-order valence-electron chi connectivity index (χ0n) is 16.7. The van der Waals surface area contributed by atoms with E-state index < -0.39 is 5.91 Å². The lowest BCUT2D eigenvalue weighted by molar-refractivity contribution is -0.117. The molecule has 0 atom stereocenters. The molecule has 2 aromatic carbocycles. The molecule has 0 aliphatic heterocycles. The Hall–Kier alpha value is -3.50. The first-order valence-electron chi connectivity index (χ1n) is 9.22. The molecule has 7 heteroatoms. The van der Waals surface area contributed by atoms with E-state index in [4.69, 9.17) is 15.2 Å². The number of nitriles is 1. The van der Waals surface area contributed by atoms with Crippen molar-refractivity contribution in [2.45, 2.75) is 19.5 Å². The van der Waals surface area contributed by atoms with Crippen LogP contribution in [0.1, 0.15) is 16.7 Å². The predicted octanol–water partition coefficient (Wildman–Crippen LogP) is 2.02. The fourth-order valence-corrected chi connectivity index (χ4v) is 2.74. The molecule has 7 nitrogen and oxygen atoms in total. The Morgan fingerprint density at radius 1 is 1.10 bits per heavy atom. The van der Waals surface area contributed by atoms with Gasteiger partial charge in [0.15, 0.2) is 11.5 Å². The first kappa shape index (κ1) is 21.8. The van der Waals surface area contributed by atoms with Crippen LogP contribution >= 0.6 is 0 Å². The van der Waals surface area contributed by atoms with Crippen LogP contribution < -0.4 is 25.8 Å². The molecule has 0 unspecified atom stereocenters. The third-order valence-electron chi connectivity index (χ3n) is 4.29. The Bertz CT molecular complexity index is 903. The van der Waals surface area contributed by atoms with Crippen molar-refractivity contribution in [2.24, 2.45) is 5.73 Å². The zero-order chi connectivity index (χ0) is 21.1. The topological polar surface area (TPSA) is 109 Å². The van der Waals surface area contributed by atoms with Crippen molar-refractivity contribution >= 4 is 5.91 Å². The smallest absolute Gasteiger partial charge is 0.263 e. The van der Waals surface area contributed by atoms with E-state index in [1.807, 2.05) is 48.5 Å². The van der Waals surface area contributed by atoms with E-state index in [-0.39, 0.29) is 5.57 Å². The summed E-state index contributed by atoms with van der Waals surface area (Å²) in [5, 5.41) is 15.0. The molecule has 0 fully saturated rings. The highest BCUT2D eigenvalue weighted by Gasteiger charge is 2.09. The van der Waals surface area contributed by atoms with Crippen LogP contribution in [0.15, 0.2) is 54.2 Å². The fourth-order valence-electron chi connectivity index (χ4n) is 2.74. The third-order valence-corrected chi connectivity index (χ3v) is 4.29. The molecule has 152 valence electrons. The quantitative estimate of drug-likeness (QED) is 0.420. The van der Waals surface area contributed by atoms with Gasteiger partial charge in [-0.3, -0.25) is 4.79 Å². The van der Waals surface area contributed by atoms with Crippen molar-refractivity contribution in [1.82, 2.24) is 10.6 Å².